The fraction of sp³-hybridized carbons (Fsp3) is 0.300. The van der Waals surface area contributed by atoms with Gasteiger partial charge in [-0.2, -0.15) is 5.10 Å². The number of imidazole rings is 1. The molecule has 4 aromatic heterocycles. The summed E-state index contributed by atoms with van der Waals surface area (Å²) < 4.78 is 9.24. The normalized spacial score (nSPS) is 15.2. The van der Waals surface area contributed by atoms with E-state index in [1.54, 1.807) is 6.20 Å². The minimum absolute atomic E-state index is 0.240. The Morgan fingerprint density at radius 2 is 2.10 bits per heavy atom. The summed E-state index contributed by atoms with van der Waals surface area (Å²) in [6, 6.07) is 6.23. The van der Waals surface area contributed by atoms with E-state index in [1.165, 1.54) is 10.7 Å². The van der Waals surface area contributed by atoms with Gasteiger partial charge >= 0.3 is 0 Å². The second kappa shape index (κ2) is 6.85. The number of fused-ring (bicyclic) bond motifs is 2. The van der Waals surface area contributed by atoms with Crippen LogP contribution in [0.25, 0.3) is 27.9 Å². The Bertz CT molecular complexity index is 1220. The van der Waals surface area contributed by atoms with E-state index in [2.05, 4.69) is 26.0 Å². The molecule has 0 unspecified atom stereocenters. The summed E-state index contributed by atoms with van der Waals surface area (Å²) >= 11 is 0. The predicted molar refractivity (Wildman–Crippen MR) is 109 cm³/mol. The highest BCUT2D eigenvalue weighted by molar-refractivity contribution is 5.95. The molecule has 1 amide bonds. The molecule has 5 rings (SSSR count). The summed E-state index contributed by atoms with van der Waals surface area (Å²) in [5, 5.41) is 8.84. The van der Waals surface area contributed by atoms with Crippen LogP contribution in [-0.2, 0) is 4.74 Å². The Morgan fingerprint density at radius 1 is 1.28 bits per heavy atom. The van der Waals surface area contributed by atoms with E-state index in [0.717, 1.165) is 48.3 Å². The van der Waals surface area contributed by atoms with Gasteiger partial charge in [0.25, 0.3) is 5.91 Å². The van der Waals surface area contributed by atoms with Crippen LogP contribution in [0.3, 0.4) is 0 Å². The molecule has 9 nitrogen and oxygen atoms in total. The second-order valence-corrected chi connectivity index (χ2v) is 7.10. The molecule has 1 fully saturated rings. The lowest BCUT2D eigenvalue weighted by molar-refractivity contribution is 0.0706. The number of carbonyl (C=O) groups is 1. The number of primary amides is 1. The largest absolute Gasteiger partial charge is 0.385 e. The van der Waals surface area contributed by atoms with Crippen LogP contribution in [0.5, 0.6) is 0 Å². The smallest absolute Gasteiger partial charge is 0.269 e. The number of amides is 1. The highest BCUT2D eigenvalue weighted by Gasteiger charge is 2.22. The van der Waals surface area contributed by atoms with Gasteiger partial charge in [0.15, 0.2) is 5.65 Å². The molecule has 0 bridgehead atoms. The molecule has 0 aliphatic carbocycles. The first-order valence-corrected chi connectivity index (χ1v) is 9.57. The predicted octanol–water partition coefficient (Wildman–Crippen LogP) is 2.24. The summed E-state index contributed by atoms with van der Waals surface area (Å²) in [4.78, 5) is 20.7. The van der Waals surface area contributed by atoms with Gasteiger partial charge in [0, 0.05) is 49.6 Å². The number of hydrogen-bond donors (Lipinski definition) is 2. The molecule has 5 heterocycles. The third kappa shape index (κ3) is 2.82. The zero-order chi connectivity index (χ0) is 20.0. The van der Waals surface area contributed by atoms with Gasteiger partial charge in [-0.25, -0.2) is 14.5 Å². The number of carbonyl (C=O) groups excluding carboxylic acids is 1. The molecule has 0 aromatic carbocycles. The average molecular weight is 391 g/mol. The van der Waals surface area contributed by atoms with E-state index in [-0.39, 0.29) is 5.69 Å². The van der Waals surface area contributed by atoms with Gasteiger partial charge in [0.2, 0.25) is 0 Å². The molecule has 4 aromatic rings. The first-order valence-electron chi connectivity index (χ1n) is 9.57. The molecule has 0 radical (unpaired) electrons. The Balaban J connectivity index is 1.74. The highest BCUT2D eigenvalue weighted by Crippen LogP contribution is 2.34. The first-order chi connectivity index (χ1) is 14.2. The van der Waals surface area contributed by atoms with Gasteiger partial charge in [-0.15, -0.1) is 0 Å². The lowest BCUT2D eigenvalue weighted by atomic mass is 10.1. The van der Waals surface area contributed by atoms with Crippen LogP contribution in [0.1, 0.15) is 29.4 Å². The zero-order valence-electron chi connectivity index (χ0n) is 16.0. The fourth-order valence-electron chi connectivity index (χ4n) is 3.98. The van der Waals surface area contributed by atoms with Crippen molar-refractivity contribution in [1.29, 1.82) is 0 Å². The number of rotatable bonds is 4. The molecule has 29 heavy (non-hydrogen) atoms. The SMILES string of the molecule is CNc1cc(-c2cn(C3CCOCC3)c3ncccc23)nn2c(C(N)=O)cnc12. The lowest BCUT2D eigenvalue weighted by Gasteiger charge is -2.24. The van der Waals surface area contributed by atoms with Crippen molar-refractivity contribution in [1.82, 2.24) is 24.1 Å². The van der Waals surface area contributed by atoms with E-state index < -0.39 is 5.91 Å². The topological polar surface area (TPSA) is 112 Å². The van der Waals surface area contributed by atoms with Crippen molar-refractivity contribution in [3.05, 3.63) is 42.5 Å². The number of pyridine rings is 1. The number of nitrogens with two attached hydrogens (primary N) is 1. The highest BCUT2D eigenvalue weighted by atomic mass is 16.5. The maximum Gasteiger partial charge on any atom is 0.269 e. The van der Waals surface area contributed by atoms with Gasteiger partial charge in [0.1, 0.15) is 11.3 Å². The molecule has 1 aliphatic heterocycles. The van der Waals surface area contributed by atoms with Crippen molar-refractivity contribution in [2.24, 2.45) is 5.73 Å². The number of anilines is 1. The molecular weight excluding hydrogens is 370 g/mol. The van der Waals surface area contributed by atoms with E-state index in [9.17, 15) is 4.79 Å². The third-order valence-corrected chi connectivity index (χ3v) is 5.44. The van der Waals surface area contributed by atoms with Crippen LogP contribution in [-0.4, -0.2) is 50.3 Å². The van der Waals surface area contributed by atoms with Crippen molar-refractivity contribution < 1.29 is 9.53 Å². The molecule has 148 valence electrons. The Labute approximate surface area is 166 Å². The van der Waals surface area contributed by atoms with Crippen LogP contribution in [0.4, 0.5) is 5.69 Å². The molecule has 0 atom stereocenters. The molecule has 1 saturated heterocycles. The van der Waals surface area contributed by atoms with Gasteiger partial charge in [-0.05, 0) is 31.0 Å². The van der Waals surface area contributed by atoms with Crippen LogP contribution in [0.15, 0.2) is 36.8 Å². The van der Waals surface area contributed by atoms with Crippen LogP contribution in [0, 0.1) is 0 Å². The minimum atomic E-state index is -0.574. The third-order valence-electron chi connectivity index (χ3n) is 5.44. The number of ether oxygens (including phenoxy) is 1. The molecule has 3 N–H and O–H groups in total. The first kappa shape index (κ1) is 17.6. The monoisotopic (exact) mass is 391 g/mol. The van der Waals surface area contributed by atoms with Crippen LogP contribution < -0.4 is 11.1 Å². The number of nitrogens with one attached hydrogen (secondary N) is 1. The lowest BCUT2D eigenvalue weighted by Crippen LogP contribution is -2.19. The Hall–Kier alpha value is -3.46. The van der Waals surface area contributed by atoms with Crippen molar-refractivity contribution in [2.75, 3.05) is 25.6 Å². The van der Waals surface area contributed by atoms with Crippen molar-refractivity contribution in [3.63, 3.8) is 0 Å². The summed E-state index contributed by atoms with van der Waals surface area (Å²) in [5.74, 6) is -0.574. The van der Waals surface area contributed by atoms with E-state index in [4.69, 9.17) is 15.6 Å². The van der Waals surface area contributed by atoms with E-state index in [1.807, 2.05) is 25.2 Å². The van der Waals surface area contributed by atoms with Gasteiger partial charge in [-0.1, -0.05) is 0 Å². The molecule has 9 heteroatoms. The van der Waals surface area contributed by atoms with Gasteiger partial charge < -0.3 is 20.4 Å². The Kier molecular flexibility index (Phi) is 4.17. The maximum atomic E-state index is 11.8. The standard InChI is InChI=1S/C20H21N7O2/c1-22-16-9-15(25-27-17(18(21)28)10-24-20(16)27)14-11-26(12-4-7-29-8-5-12)19-13(14)3-2-6-23-19/h2-3,6,9-12,22H,4-5,7-8H2,1H3,(H2,21,28). The van der Waals surface area contributed by atoms with Crippen molar-refractivity contribution >= 4 is 28.3 Å². The van der Waals surface area contributed by atoms with Crippen LogP contribution in [0.2, 0.25) is 0 Å². The van der Waals surface area contributed by atoms with E-state index >= 15 is 0 Å². The van der Waals surface area contributed by atoms with Crippen molar-refractivity contribution in [3.8, 4) is 11.3 Å². The average Bonchev–Trinajstić information content (AvgIpc) is 3.35. The molecule has 0 saturated carbocycles. The van der Waals surface area contributed by atoms with E-state index in [0.29, 0.717) is 17.4 Å². The second-order valence-electron chi connectivity index (χ2n) is 7.10. The zero-order valence-corrected chi connectivity index (χ0v) is 16.0. The number of aromatic nitrogens is 5. The minimum Gasteiger partial charge on any atom is -0.385 e. The quantitative estimate of drug-likeness (QED) is 0.552. The Morgan fingerprint density at radius 3 is 2.86 bits per heavy atom. The summed E-state index contributed by atoms with van der Waals surface area (Å²) in [5.41, 5.74) is 9.65. The maximum absolute atomic E-state index is 11.8. The summed E-state index contributed by atoms with van der Waals surface area (Å²) in [6.07, 6.45) is 7.24. The number of hydrogen-bond acceptors (Lipinski definition) is 6. The summed E-state index contributed by atoms with van der Waals surface area (Å²) in [7, 11) is 1.81. The van der Waals surface area contributed by atoms with Crippen molar-refractivity contribution in [2.45, 2.75) is 18.9 Å². The number of nitrogens with zero attached hydrogens (tertiary/aromatic N) is 5. The fourth-order valence-corrected chi connectivity index (χ4v) is 3.98. The molecule has 0 spiro atoms. The van der Waals surface area contributed by atoms with Gasteiger partial charge in [-0.3, -0.25) is 4.79 Å². The molecule has 1 aliphatic rings. The van der Waals surface area contributed by atoms with Gasteiger partial charge in [0.05, 0.1) is 17.6 Å². The summed E-state index contributed by atoms with van der Waals surface area (Å²) in [6.45, 7) is 1.50. The molecular formula is C20H21N7O2. The van der Waals surface area contributed by atoms with Crippen LogP contribution >= 0.6 is 0 Å².